The van der Waals surface area contributed by atoms with E-state index in [1.54, 1.807) is 0 Å². The molecule has 0 aromatic heterocycles. The molecule has 0 saturated carbocycles. The summed E-state index contributed by atoms with van der Waals surface area (Å²) < 4.78 is 11.2. The van der Waals surface area contributed by atoms with Crippen molar-refractivity contribution in [3.05, 3.63) is 71.8 Å². The zero-order chi connectivity index (χ0) is 14.5. The van der Waals surface area contributed by atoms with Gasteiger partial charge in [-0.25, -0.2) is 0 Å². The van der Waals surface area contributed by atoms with Crippen LogP contribution in [0.3, 0.4) is 0 Å². The molecule has 1 aliphatic rings. The number of benzene rings is 2. The van der Waals surface area contributed by atoms with Crippen molar-refractivity contribution in [1.29, 1.82) is 0 Å². The van der Waals surface area contributed by atoms with E-state index in [0.29, 0.717) is 13.2 Å². The quantitative estimate of drug-likeness (QED) is 0.627. The number of aliphatic hydroxyl groups excluding tert-OH is 1. The van der Waals surface area contributed by atoms with Gasteiger partial charge in [0.05, 0.1) is 12.7 Å². The van der Waals surface area contributed by atoms with E-state index in [2.05, 4.69) is 12.1 Å². The number of aliphatic hydroxyl groups is 1. The molecule has 3 heteroatoms. The van der Waals surface area contributed by atoms with Crippen molar-refractivity contribution in [2.45, 2.75) is 31.3 Å². The van der Waals surface area contributed by atoms with Crippen LogP contribution in [0.25, 0.3) is 0 Å². The van der Waals surface area contributed by atoms with Crippen LogP contribution in [0.2, 0.25) is 0 Å². The third-order valence-corrected chi connectivity index (χ3v) is 3.73. The maximum atomic E-state index is 10.2. The van der Waals surface area contributed by atoms with Gasteiger partial charge in [0.2, 0.25) is 0 Å². The molecule has 3 nitrogen and oxygen atoms in total. The standard InChI is InChI=1S/C18H20O3/c19-17(15-9-5-2-6-10-15)18-16(21-18)11-12-20-13-14-7-3-1-4-8-14/h1-10,16-19H,11-13H2/t16-,17-,18+/m0/s1. The van der Waals surface area contributed by atoms with Crippen LogP contribution in [-0.4, -0.2) is 23.9 Å². The second kappa shape index (κ2) is 6.85. The molecule has 2 aromatic rings. The van der Waals surface area contributed by atoms with Gasteiger partial charge in [-0.05, 0) is 17.5 Å². The summed E-state index contributed by atoms with van der Waals surface area (Å²) in [4.78, 5) is 0. The summed E-state index contributed by atoms with van der Waals surface area (Å²) in [5, 5.41) is 10.2. The molecule has 1 fully saturated rings. The predicted molar refractivity (Wildman–Crippen MR) is 80.8 cm³/mol. The molecule has 1 aliphatic heterocycles. The average molecular weight is 284 g/mol. The van der Waals surface area contributed by atoms with Gasteiger partial charge in [-0.3, -0.25) is 0 Å². The lowest BCUT2D eigenvalue weighted by Crippen LogP contribution is -2.09. The van der Waals surface area contributed by atoms with E-state index in [0.717, 1.165) is 12.0 Å². The summed E-state index contributed by atoms with van der Waals surface area (Å²) in [6, 6.07) is 19.8. The van der Waals surface area contributed by atoms with Crippen LogP contribution in [0, 0.1) is 0 Å². The molecule has 1 N–H and O–H groups in total. The van der Waals surface area contributed by atoms with Crippen molar-refractivity contribution in [2.24, 2.45) is 0 Å². The highest BCUT2D eigenvalue weighted by Gasteiger charge is 2.44. The van der Waals surface area contributed by atoms with E-state index < -0.39 is 6.10 Å². The molecule has 0 bridgehead atoms. The first kappa shape index (κ1) is 14.3. The number of hydrogen-bond donors (Lipinski definition) is 1. The van der Waals surface area contributed by atoms with Crippen molar-refractivity contribution in [3.8, 4) is 0 Å². The Kier molecular flexibility index (Phi) is 4.65. The number of epoxide rings is 1. The Balaban J connectivity index is 1.37. The Morgan fingerprint density at radius 2 is 1.67 bits per heavy atom. The normalized spacial score (nSPS) is 22.0. The molecular weight excluding hydrogens is 264 g/mol. The summed E-state index contributed by atoms with van der Waals surface area (Å²) >= 11 is 0. The average Bonchev–Trinajstić information content (AvgIpc) is 3.32. The highest BCUT2D eigenvalue weighted by Crippen LogP contribution is 2.36. The van der Waals surface area contributed by atoms with Crippen molar-refractivity contribution in [3.63, 3.8) is 0 Å². The fourth-order valence-electron chi connectivity index (χ4n) is 2.47. The monoisotopic (exact) mass is 284 g/mol. The molecule has 21 heavy (non-hydrogen) atoms. The minimum atomic E-state index is -0.537. The molecule has 1 heterocycles. The summed E-state index contributed by atoms with van der Waals surface area (Å²) in [5.74, 6) is 0. The highest BCUT2D eigenvalue weighted by atomic mass is 16.6. The van der Waals surface area contributed by atoms with Gasteiger partial charge in [-0.2, -0.15) is 0 Å². The molecule has 0 spiro atoms. The summed E-state index contributed by atoms with van der Waals surface area (Å²) in [5.41, 5.74) is 2.09. The van der Waals surface area contributed by atoms with Gasteiger partial charge >= 0.3 is 0 Å². The van der Waals surface area contributed by atoms with Gasteiger partial charge < -0.3 is 14.6 Å². The maximum Gasteiger partial charge on any atom is 0.114 e. The molecule has 110 valence electrons. The van der Waals surface area contributed by atoms with Crippen LogP contribution in [0.5, 0.6) is 0 Å². The van der Waals surface area contributed by atoms with Crippen LogP contribution in [-0.2, 0) is 16.1 Å². The summed E-state index contributed by atoms with van der Waals surface area (Å²) in [6.45, 7) is 1.27. The maximum absolute atomic E-state index is 10.2. The van der Waals surface area contributed by atoms with Crippen LogP contribution in [0.15, 0.2) is 60.7 Å². The smallest absolute Gasteiger partial charge is 0.114 e. The van der Waals surface area contributed by atoms with Crippen LogP contribution < -0.4 is 0 Å². The van der Waals surface area contributed by atoms with Crippen molar-refractivity contribution in [1.82, 2.24) is 0 Å². The molecule has 1 saturated heterocycles. The molecule has 0 radical (unpaired) electrons. The van der Waals surface area contributed by atoms with E-state index in [-0.39, 0.29) is 12.2 Å². The lowest BCUT2D eigenvalue weighted by atomic mass is 10.0. The zero-order valence-electron chi connectivity index (χ0n) is 11.9. The molecule has 0 amide bonds. The van der Waals surface area contributed by atoms with Gasteiger partial charge in [-0.15, -0.1) is 0 Å². The molecular formula is C18H20O3. The SMILES string of the molecule is O[C@@H](c1ccccc1)[C@@H]1O[C@H]1CCOCc1ccccc1. The largest absolute Gasteiger partial charge is 0.386 e. The van der Waals surface area contributed by atoms with E-state index in [4.69, 9.17) is 9.47 Å². The fourth-order valence-corrected chi connectivity index (χ4v) is 2.47. The van der Waals surface area contributed by atoms with Gasteiger partial charge in [-0.1, -0.05) is 60.7 Å². The van der Waals surface area contributed by atoms with Crippen molar-refractivity contribution >= 4 is 0 Å². The van der Waals surface area contributed by atoms with Crippen molar-refractivity contribution in [2.75, 3.05) is 6.61 Å². The fraction of sp³-hybridized carbons (Fsp3) is 0.333. The van der Waals surface area contributed by atoms with E-state index in [9.17, 15) is 5.11 Å². The Hall–Kier alpha value is -1.68. The summed E-state index contributed by atoms with van der Waals surface area (Å²) in [6.07, 6.45) is 0.301. The Morgan fingerprint density at radius 3 is 2.38 bits per heavy atom. The van der Waals surface area contributed by atoms with Crippen LogP contribution >= 0.6 is 0 Å². The number of hydrogen-bond acceptors (Lipinski definition) is 3. The third-order valence-electron chi connectivity index (χ3n) is 3.73. The first-order chi connectivity index (χ1) is 10.3. The molecule has 0 aliphatic carbocycles. The Morgan fingerprint density at radius 1 is 1.00 bits per heavy atom. The van der Waals surface area contributed by atoms with Crippen molar-refractivity contribution < 1.29 is 14.6 Å². The van der Waals surface area contributed by atoms with Crippen LogP contribution in [0.4, 0.5) is 0 Å². The van der Waals surface area contributed by atoms with E-state index >= 15 is 0 Å². The second-order valence-corrected chi connectivity index (χ2v) is 5.32. The predicted octanol–water partition coefficient (Wildman–Crippen LogP) is 3.09. The molecule has 3 rings (SSSR count). The van der Waals surface area contributed by atoms with Gasteiger partial charge in [0.25, 0.3) is 0 Å². The molecule has 2 aromatic carbocycles. The first-order valence-corrected chi connectivity index (χ1v) is 7.35. The van der Waals surface area contributed by atoms with Crippen LogP contribution in [0.1, 0.15) is 23.7 Å². The Labute approximate surface area is 125 Å². The summed E-state index contributed by atoms with van der Waals surface area (Å²) in [7, 11) is 0. The lowest BCUT2D eigenvalue weighted by Gasteiger charge is -2.07. The first-order valence-electron chi connectivity index (χ1n) is 7.35. The van der Waals surface area contributed by atoms with Gasteiger partial charge in [0, 0.05) is 6.61 Å². The van der Waals surface area contributed by atoms with E-state index in [1.165, 1.54) is 5.56 Å². The molecule has 3 atom stereocenters. The Bertz CT molecular complexity index is 541. The zero-order valence-corrected chi connectivity index (χ0v) is 11.9. The van der Waals surface area contributed by atoms with E-state index in [1.807, 2.05) is 48.5 Å². The lowest BCUT2D eigenvalue weighted by molar-refractivity contribution is 0.113. The van der Waals surface area contributed by atoms with Gasteiger partial charge in [0.1, 0.15) is 12.2 Å². The molecule has 0 unspecified atom stereocenters. The minimum Gasteiger partial charge on any atom is -0.386 e. The van der Waals surface area contributed by atoms with Gasteiger partial charge in [0.15, 0.2) is 0 Å². The number of rotatable bonds is 7. The number of ether oxygens (including phenoxy) is 2. The topological polar surface area (TPSA) is 42.0 Å². The highest BCUT2D eigenvalue weighted by molar-refractivity contribution is 5.20. The third kappa shape index (κ3) is 3.91. The second-order valence-electron chi connectivity index (χ2n) is 5.32. The minimum absolute atomic E-state index is 0.0901.